The van der Waals surface area contributed by atoms with Crippen LogP contribution in [0.15, 0.2) is 24.3 Å². The number of hydrogen-bond donors (Lipinski definition) is 2. The predicted octanol–water partition coefficient (Wildman–Crippen LogP) is 2.60. The molecule has 1 aromatic rings. The van der Waals surface area contributed by atoms with Crippen LogP contribution in [-0.2, 0) is 14.9 Å². The van der Waals surface area contributed by atoms with Gasteiger partial charge in [-0.05, 0) is 52.3 Å². The molecule has 5 nitrogen and oxygen atoms in total. The first-order valence-corrected chi connectivity index (χ1v) is 6.43. The summed E-state index contributed by atoms with van der Waals surface area (Å²) in [6.07, 6.45) is -0.744. The van der Waals surface area contributed by atoms with E-state index in [-0.39, 0.29) is 0 Å². The molecule has 0 radical (unpaired) electrons. The van der Waals surface area contributed by atoms with E-state index in [1.807, 2.05) is 0 Å². The van der Waals surface area contributed by atoms with E-state index < -0.39 is 23.0 Å². The lowest BCUT2D eigenvalue weighted by molar-refractivity contribution is -0.125. The lowest BCUT2D eigenvalue weighted by Gasteiger charge is -2.25. The summed E-state index contributed by atoms with van der Waals surface area (Å²) >= 11 is 0. The van der Waals surface area contributed by atoms with E-state index in [2.05, 4.69) is 5.32 Å². The van der Waals surface area contributed by atoms with Crippen molar-refractivity contribution in [3.63, 3.8) is 0 Å². The fourth-order valence-corrected chi connectivity index (χ4v) is 1.58. The minimum Gasteiger partial charge on any atom is -0.444 e. The third-order valence-electron chi connectivity index (χ3n) is 2.81. The van der Waals surface area contributed by atoms with E-state index >= 15 is 0 Å². The molecule has 5 heteroatoms. The smallest absolute Gasteiger partial charge is 0.414 e. The Bertz CT molecular complexity index is 499. The van der Waals surface area contributed by atoms with Crippen LogP contribution in [0.2, 0.25) is 0 Å². The molecule has 110 valence electrons. The van der Waals surface area contributed by atoms with E-state index in [4.69, 9.17) is 10.5 Å². The van der Waals surface area contributed by atoms with Crippen molar-refractivity contribution >= 4 is 17.7 Å². The molecular formula is C15H22N2O3. The first-order chi connectivity index (χ1) is 9.02. The predicted molar refractivity (Wildman–Crippen MR) is 78.3 cm³/mol. The summed E-state index contributed by atoms with van der Waals surface area (Å²) in [5.74, 6) is -0.420. The van der Waals surface area contributed by atoms with Gasteiger partial charge in [-0.25, -0.2) is 4.79 Å². The van der Waals surface area contributed by atoms with Gasteiger partial charge in [0.05, 0.1) is 5.41 Å². The van der Waals surface area contributed by atoms with Crippen molar-refractivity contribution in [1.29, 1.82) is 0 Å². The largest absolute Gasteiger partial charge is 0.444 e. The van der Waals surface area contributed by atoms with Crippen LogP contribution in [0.3, 0.4) is 0 Å². The summed E-state index contributed by atoms with van der Waals surface area (Å²) in [5, 5.41) is 2.26. The van der Waals surface area contributed by atoms with Gasteiger partial charge in [0.2, 0.25) is 5.91 Å². The molecule has 0 bridgehead atoms. The summed E-state index contributed by atoms with van der Waals surface area (Å²) in [6.45, 7) is 8.68. The number of nitrogen functional groups attached to an aromatic ring is 1. The van der Waals surface area contributed by atoms with Crippen LogP contribution in [0.5, 0.6) is 0 Å². The minimum absolute atomic E-state index is 0.420. The molecule has 0 aromatic heterocycles. The number of benzene rings is 1. The lowest BCUT2D eigenvalue weighted by Crippen LogP contribution is -2.45. The van der Waals surface area contributed by atoms with Crippen LogP contribution >= 0.6 is 0 Å². The number of rotatable bonds is 2. The Balaban J connectivity index is 2.80. The summed E-state index contributed by atoms with van der Waals surface area (Å²) in [5.41, 5.74) is 5.52. The SMILES string of the molecule is CC(C)(C)OC(=O)NC(=O)C(C)(C)c1ccc(N)cc1. The van der Waals surface area contributed by atoms with Gasteiger partial charge in [-0.2, -0.15) is 0 Å². The first kappa shape index (κ1) is 16.0. The molecule has 0 aliphatic carbocycles. The second-order valence-electron chi connectivity index (χ2n) is 6.20. The molecule has 20 heavy (non-hydrogen) atoms. The van der Waals surface area contributed by atoms with Gasteiger partial charge in [-0.3, -0.25) is 10.1 Å². The molecule has 0 aliphatic heterocycles. The second-order valence-corrected chi connectivity index (χ2v) is 6.20. The van der Waals surface area contributed by atoms with Crippen molar-refractivity contribution in [1.82, 2.24) is 5.32 Å². The number of alkyl carbamates (subject to hydrolysis) is 1. The second kappa shape index (κ2) is 5.53. The fourth-order valence-electron chi connectivity index (χ4n) is 1.58. The zero-order chi connectivity index (χ0) is 15.6. The molecule has 0 unspecified atom stereocenters. The van der Waals surface area contributed by atoms with Crippen LogP contribution in [0.4, 0.5) is 10.5 Å². The number of imide groups is 1. The van der Waals surface area contributed by atoms with Crippen LogP contribution in [0.1, 0.15) is 40.2 Å². The normalized spacial score (nSPS) is 11.8. The average Bonchev–Trinajstić information content (AvgIpc) is 2.26. The van der Waals surface area contributed by atoms with Crippen molar-refractivity contribution in [2.75, 3.05) is 5.73 Å². The molecule has 0 aliphatic rings. The van der Waals surface area contributed by atoms with E-state index in [9.17, 15) is 9.59 Å². The number of carbonyl (C=O) groups excluding carboxylic acids is 2. The van der Waals surface area contributed by atoms with Crippen LogP contribution in [-0.4, -0.2) is 17.6 Å². The highest BCUT2D eigenvalue weighted by Gasteiger charge is 2.32. The summed E-state index contributed by atoms with van der Waals surface area (Å²) in [4.78, 5) is 23.8. The number of hydrogen-bond acceptors (Lipinski definition) is 4. The number of nitrogens with two attached hydrogens (primary N) is 1. The summed E-state index contributed by atoms with van der Waals surface area (Å²) in [7, 11) is 0. The average molecular weight is 278 g/mol. The minimum atomic E-state index is -0.857. The Morgan fingerprint density at radius 3 is 2.00 bits per heavy atom. The Kier molecular flexibility index (Phi) is 4.43. The van der Waals surface area contributed by atoms with Crippen LogP contribution in [0, 0.1) is 0 Å². The first-order valence-electron chi connectivity index (χ1n) is 6.43. The molecule has 0 fully saturated rings. The van der Waals surface area contributed by atoms with Gasteiger partial charge in [0.15, 0.2) is 0 Å². The Morgan fingerprint density at radius 1 is 1.05 bits per heavy atom. The number of carbonyl (C=O) groups is 2. The van der Waals surface area contributed by atoms with E-state index in [1.54, 1.807) is 58.9 Å². The van der Waals surface area contributed by atoms with Gasteiger partial charge in [0.25, 0.3) is 0 Å². The zero-order valence-corrected chi connectivity index (χ0v) is 12.6. The monoisotopic (exact) mass is 278 g/mol. The molecule has 2 amide bonds. The molecule has 0 heterocycles. The van der Waals surface area contributed by atoms with Gasteiger partial charge in [-0.1, -0.05) is 12.1 Å². The summed E-state index contributed by atoms with van der Waals surface area (Å²) in [6, 6.07) is 6.98. The van der Waals surface area contributed by atoms with Gasteiger partial charge in [0.1, 0.15) is 5.60 Å². The molecule has 1 rings (SSSR count). The van der Waals surface area contributed by atoms with Gasteiger partial charge >= 0.3 is 6.09 Å². The number of amides is 2. The third kappa shape index (κ3) is 4.26. The maximum Gasteiger partial charge on any atom is 0.414 e. The standard InChI is InChI=1S/C15H22N2O3/c1-14(2,3)20-13(19)17-12(18)15(4,5)10-6-8-11(16)9-7-10/h6-9H,16H2,1-5H3,(H,17,18,19). The van der Waals surface area contributed by atoms with E-state index in [0.29, 0.717) is 5.69 Å². The van der Waals surface area contributed by atoms with Gasteiger partial charge < -0.3 is 10.5 Å². The zero-order valence-electron chi connectivity index (χ0n) is 12.6. The number of anilines is 1. The Morgan fingerprint density at radius 2 is 1.55 bits per heavy atom. The quantitative estimate of drug-likeness (QED) is 0.815. The number of nitrogens with one attached hydrogen (secondary N) is 1. The third-order valence-corrected chi connectivity index (χ3v) is 2.81. The molecule has 1 aromatic carbocycles. The Labute approximate surface area is 119 Å². The molecular weight excluding hydrogens is 256 g/mol. The Hall–Kier alpha value is -2.04. The maximum atomic E-state index is 12.2. The van der Waals surface area contributed by atoms with Crippen LogP contribution < -0.4 is 11.1 Å². The van der Waals surface area contributed by atoms with Crippen molar-refractivity contribution in [2.45, 2.75) is 45.6 Å². The highest BCUT2D eigenvalue weighted by Crippen LogP contribution is 2.24. The molecule has 3 N–H and O–H groups in total. The van der Waals surface area contributed by atoms with Crippen LogP contribution in [0.25, 0.3) is 0 Å². The molecule has 0 saturated heterocycles. The summed E-state index contributed by atoms with van der Waals surface area (Å²) < 4.78 is 5.07. The molecule has 0 atom stereocenters. The van der Waals surface area contributed by atoms with Crippen molar-refractivity contribution in [2.24, 2.45) is 0 Å². The van der Waals surface area contributed by atoms with Crippen molar-refractivity contribution in [3.8, 4) is 0 Å². The topological polar surface area (TPSA) is 81.4 Å². The highest BCUT2D eigenvalue weighted by molar-refractivity contribution is 5.98. The van der Waals surface area contributed by atoms with Gasteiger partial charge in [0, 0.05) is 5.69 Å². The fraction of sp³-hybridized carbons (Fsp3) is 0.467. The van der Waals surface area contributed by atoms with Crippen molar-refractivity contribution < 1.29 is 14.3 Å². The van der Waals surface area contributed by atoms with Gasteiger partial charge in [-0.15, -0.1) is 0 Å². The molecule has 0 spiro atoms. The maximum absolute atomic E-state index is 12.2. The van der Waals surface area contributed by atoms with E-state index in [1.165, 1.54) is 0 Å². The highest BCUT2D eigenvalue weighted by atomic mass is 16.6. The lowest BCUT2D eigenvalue weighted by atomic mass is 9.83. The molecule has 0 saturated carbocycles. The number of ether oxygens (including phenoxy) is 1. The van der Waals surface area contributed by atoms with Crippen molar-refractivity contribution in [3.05, 3.63) is 29.8 Å². The van der Waals surface area contributed by atoms with E-state index in [0.717, 1.165) is 5.56 Å².